The smallest absolute Gasteiger partial charge is 0.300 e. The van der Waals surface area contributed by atoms with E-state index in [-0.39, 0.29) is 5.91 Å². The van der Waals surface area contributed by atoms with Gasteiger partial charge < -0.3 is 25.3 Å². The maximum Gasteiger partial charge on any atom is 0.300 e. The van der Waals surface area contributed by atoms with Crippen LogP contribution in [0.2, 0.25) is 0 Å². The first-order valence-electron chi connectivity index (χ1n) is 9.40. The van der Waals surface area contributed by atoms with Crippen LogP contribution in [-0.2, 0) is 40.2 Å². The zero-order valence-corrected chi connectivity index (χ0v) is 17.4. The monoisotopic (exact) mass is 420 g/mol. The molecule has 0 radical (unpaired) electrons. The molecule has 2 aromatic heterocycles. The van der Waals surface area contributed by atoms with Gasteiger partial charge in [-0.2, -0.15) is 0 Å². The van der Waals surface area contributed by atoms with Gasteiger partial charge in [0.15, 0.2) is 5.89 Å². The Bertz CT molecular complexity index is 815. The highest BCUT2D eigenvalue weighted by Crippen LogP contribution is 2.21. The van der Waals surface area contributed by atoms with Crippen molar-refractivity contribution in [2.75, 3.05) is 6.54 Å². The van der Waals surface area contributed by atoms with Crippen LogP contribution in [0.4, 0.5) is 0 Å². The molecule has 164 valence electrons. The van der Waals surface area contributed by atoms with E-state index >= 15 is 0 Å². The summed E-state index contributed by atoms with van der Waals surface area (Å²) in [5.41, 5.74) is 7.69. The van der Waals surface area contributed by atoms with Gasteiger partial charge >= 0.3 is 0 Å². The van der Waals surface area contributed by atoms with Crippen LogP contribution in [0.5, 0.6) is 0 Å². The summed E-state index contributed by atoms with van der Waals surface area (Å²) in [6.45, 7) is 5.01. The first-order valence-corrected chi connectivity index (χ1v) is 9.40. The Labute approximate surface area is 174 Å². The summed E-state index contributed by atoms with van der Waals surface area (Å²) < 4.78 is 5.82. The molecule has 0 spiro atoms. The summed E-state index contributed by atoms with van der Waals surface area (Å²) in [6, 6.07) is 3.49. The summed E-state index contributed by atoms with van der Waals surface area (Å²) in [6.07, 6.45) is 5.90. The van der Waals surface area contributed by atoms with E-state index in [1.165, 1.54) is 0 Å². The molecule has 0 saturated heterocycles. The maximum atomic E-state index is 12.0. The number of aliphatic carboxylic acids is 2. The molecule has 1 atom stereocenters. The van der Waals surface area contributed by atoms with Crippen molar-refractivity contribution in [2.45, 2.75) is 52.6 Å². The molecular formula is C20H28N4O6. The fraction of sp³-hybridized carbons (Fsp3) is 0.450. The van der Waals surface area contributed by atoms with Crippen molar-refractivity contribution in [2.24, 2.45) is 5.73 Å². The number of oxazole rings is 1. The third-order valence-corrected chi connectivity index (χ3v) is 3.82. The van der Waals surface area contributed by atoms with Crippen LogP contribution < -0.4 is 5.73 Å². The summed E-state index contributed by atoms with van der Waals surface area (Å²) in [4.78, 5) is 40.3. The van der Waals surface area contributed by atoms with Crippen LogP contribution in [0.15, 0.2) is 28.9 Å². The molecule has 30 heavy (non-hydrogen) atoms. The van der Waals surface area contributed by atoms with Gasteiger partial charge in [-0.25, -0.2) is 4.98 Å². The number of rotatable bonds is 4. The van der Waals surface area contributed by atoms with Gasteiger partial charge in [-0.05, 0) is 25.0 Å². The lowest BCUT2D eigenvalue weighted by molar-refractivity contribution is -0.135. The number of carboxylic acids is 2. The number of pyridine rings is 1. The predicted octanol–water partition coefficient (Wildman–Crippen LogP) is 1.27. The molecule has 1 amide bonds. The van der Waals surface area contributed by atoms with Crippen molar-refractivity contribution in [3.05, 3.63) is 47.4 Å². The van der Waals surface area contributed by atoms with Gasteiger partial charge in [0.1, 0.15) is 11.5 Å². The minimum atomic E-state index is -0.833. The second-order valence-electron chi connectivity index (χ2n) is 6.68. The van der Waals surface area contributed by atoms with Gasteiger partial charge in [0.25, 0.3) is 11.9 Å². The summed E-state index contributed by atoms with van der Waals surface area (Å²) in [5, 5.41) is 14.8. The van der Waals surface area contributed by atoms with Crippen molar-refractivity contribution in [3.63, 3.8) is 0 Å². The SMILES string of the molecule is CC(=O)O.CC(=O)O.CC(N)C(=O)N1CCc2oc(CCc3cccnc3)nc2C1. The average Bonchev–Trinajstić information content (AvgIpc) is 3.07. The number of nitrogens with two attached hydrogens (primary N) is 1. The molecule has 0 fully saturated rings. The number of hydrogen-bond donors (Lipinski definition) is 3. The molecule has 0 aliphatic carbocycles. The van der Waals surface area contributed by atoms with Crippen molar-refractivity contribution in [3.8, 4) is 0 Å². The van der Waals surface area contributed by atoms with Crippen LogP contribution in [0, 0.1) is 0 Å². The normalized spacial score (nSPS) is 13.0. The molecule has 0 saturated carbocycles. The zero-order chi connectivity index (χ0) is 22.7. The van der Waals surface area contributed by atoms with Crippen LogP contribution in [0.25, 0.3) is 0 Å². The third-order valence-electron chi connectivity index (χ3n) is 3.82. The largest absolute Gasteiger partial charge is 0.481 e. The number of carbonyl (C=O) groups is 3. The van der Waals surface area contributed by atoms with E-state index in [1.807, 2.05) is 18.3 Å². The molecule has 1 aliphatic heterocycles. The molecule has 0 aromatic carbocycles. The molecule has 1 aliphatic rings. The van der Waals surface area contributed by atoms with E-state index in [0.717, 1.165) is 49.6 Å². The van der Waals surface area contributed by atoms with Crippen LogP contribution in [-0.4, -0.2) is 55.5 Å². The molecule has 2 aromatic rings. The number of carbonyl (C=O) groups excluding carboxylic acids is 1. The number of amides is 1. The summed E-state index contributed by atoms with van der Waals surface area (Å²) in [7, 11) is 0. The Balaban J connectivity index is 0.000000485. The van der Waals surface area contributed by atoms with Crippen molar-refractivity contribution in [1.29, 1.82) is 0 Å². The Hall–Kier alpha value is -3.27. The topological polar surface area (TPSA) is 160 Å². The van der Waals surface area contributed by atoms with Crippen molar-refractivity contribution >= 4 is 17.8 Å². The molecular weight excluding hydrogens is 392 g/mol. The Morgan fingerprint density at radius 2 is 1.87 bits per heavy atom. The number of carboxylic acid groups (broad SMARTS) is 2. The van der Waals surface area contributed by atoms with E-state index in [4.69, 9.17) is 30.0 Å². The molecule has 10 heteroatoms. The summed E-state index contributed by atoms with van der Waals surface area (Å²) in [5.74, 6) is -0.0792. The Morgan fingerprint density at radius 3 is 2.40 bits per heavy atom. The molecule has 4 N–H and O–H groups in total. The quantitative estimate of drug-likeness (QED) is 0.661. The zero-order valence-electron chi connectivity index (χ0n) is 17.4. The highest BCUT2D eigenvalue weighted by molar-refractivity contribution is 5.81. The van der Waals surface area contributed by atoms with Gasteiger partial charge in [0.2, 0.25) is 5.91 Å². The van der Waals surface area contributed by atoms with Crippen LogP contribution >= 0.6 is 0 Å². The van der Waals surface area contributed by atoms with E-state index in [1.54, 1.807) is 18.0 Å². The number of nitrogens with zero attached hydrogens (tertiary/aromatic N) is 3. The van der Waals surface area contributed by atoms with Gasteiger partial charge in [-0.1, -0.05) is 6.07 Å². The standard InChI is InChI=1S/C16H20N4O2.2C2H4O2/c1-11(17)16(21)20-8-6-14-13(10-20)19-15(22-14)5-4-12-3-2-7-18-9-12;2*1-2(3)4/h2-3,7,9,11H,4-6,8,10,17H2,1H3;2*1H3,(H,3,4). The number of aryl methyl sites for hydroxylation is 2. The molecule has 3 heterocycles. The highest BCUT2D eigenvalue weighted by atomic mass is 16.4. The van der Waals surface area contributed by atoms with Crippen LogP contribution in [0.3, 0.4) is 0 Å². The fourth-order valence-electron chi connectivity index (χ4n) is 2.63. The van der Waals surface area contributed by atoms with E-state index in [0.29, 0.717) is 19.5 Å². The predicted molar refractivity (Wildman–Crippen MR) is 108 cm³/mol. The second-order valence-corrected chi connectivity index (χ2v) is 6.68. The molecule has 10 nitrogen and oxygen atoms in total. The highest BCUT2D eigenvalue weighted by Gasteiger charge is 2.26. The third kappa shape index (κ3) is 9.28. The van der Waals surface area contributed by atoms with Crippen LogP contribution in [0.1, 0.15) is 43.7 Å². The van der Waals surface area contributed by atoms with Gasteiger partial charge in [0, 0.05) is 45.6 Å². The first-order chi connectivity index (χ1) is 14.1. The minimum absolute atomic E-state index is 0.0365. The van der Waals surface area contributed by atoms with E-state index < -0.39 is 18.0 Å². The minimum Gasteiger partial charge on any atom is -0.481 e. The Kier molecular flexibility index (Phi) is 10.2. The number of fused-ring (bicyclic) bond motifs is 1. The average molecular weight is 420 g/mol. The van der Waals surface area contributed by atoms with Crippen molar-refractivity contribution in [1.82, 2.24) is 14.9 Å². The lowest BCUT2D eigenvalue weighted by Gasteiger charge is -2.26. The molecule has 3 rings (SSSR count). The number of aromatic nitrogens is 2. The Morgan fingerprint density at radius 1 is 1.23 bits per heavy atom. The van der Waals surface area contributed by atoms with Crippen molar-refractivity contribution < 1.29 is 29.0 Å². The first kappa shape index (κ1) is 24.8. The second kappa shape index (κ2) is 12.3. The van der Waals surface area contributed by atoms with E-state index in [9.17, 15) is 4.79 Å². The lowest BCUT2D eigenvalue weighted by Crippen LogP contribution is -2.44. The fourth-order valence-corrected chi connectivity index (χ4v) is 2.63. The van der Waals surface area contributed by atoms with E-state index in [2.05, 4.69) is 9.97 Å². The maximum absolute atomic E-state index is 12.0. The summed E-state index contributed by atoms with van der Waals surface area (Å²) >= 11 is 0. The number of hydrogen-bond acceptors (Lipinski definition) is 7. The lowest BCUT2D eigenvalue weighted by atomic mass is 10.1. The van der Waals surface area contributed by atoms with Gasteiger partial charge in [0.05, 0.1) is 12.6 Å². The molecule has 1 unspecified atom stereocenters. The molecule has 0 bridgehead atoms. The van der Waals surface area contributed by atoms with Gasteiger partial charge in [-0.15, -0.1) is 0 Å². The van der Waals surface area contributed by atoms with Gasteiger partial charge in [-0.3, -0.25) is 19.4 Å².